The summed E-state index contributed by atoms with van der Waals surface area (Å²) in [7, 11) is 2.20. The smallest absolute Gasteiger partial charge is 0.123 e. The maximum atomic E-state index is 13.5. The zero-order chi connectivity index (χ0) is 21.6. The van der Waals surface area contributed by atoms with Gasteiger partial charge in [0.05, 0.1) is 0 Å². The lowest BCUT2D eigenvalue weighted by Gasteiger charge is -2.29. The Hall–Kier alpha value is -1.41. The van der Waals surface area contributed by atoms with E-state index >= 15 is 0 Å². The van der Waals surface area contributed by atoms with Crippen molar-refractivity contribution in [1.29, 1.82) is 0 Å². The molecule has 2 heteroatoms. The number of unbranched alkanes of at least 4 members (excludes halogenated alkanes) is 1. The average Bonchev–Trinajstić information content (AvgIpc) is 2.63. The van der Waals surface area contributed by atoms with Crippen LogP contribution in [-0.4, -0.2) is 25.0 Å². The van der Waals surface area contributed by atoms with Gasteiger partial charge in [0.25, 0.3) is 0 Å². The first-order chi connectivity index (χ1) is 13.2. The van der Waals surface area contributed by atoms with Gasteiger partial charge in [-0.1, -0.05) is 52.3 Å². The van der Waals surface area contributed by atoms with Gasteiger partial charge < -0.3 is 4.90 Å². The molecule has 1 aliphatic heterocycles. The van der Waals surface area contributed by atoms with Crippen LogP contribution < -0.4 is 0 Å². The molecule has 0 atom stereocenters. The Labute approximate surface area is 174 Å². The molecule has 0 N–H and O–H groups in total. The van der Waals surface area contributed by atoms with E-state index in [9.17, 15) is 4.39 Å². The van der Waals surface area contributed by atoms with Gasteiger partial charge in [-0.15, -0.1) is 13.2 Å². The quantitative estimate of drug-likeness (QED) is 0.470. The Morgan fingerprint density at radius 1 is 1.18 bits per heavy atom. The Morgan fingerprint density at radius 3 is 2.18 bits per heavy atom. The Bertz CT molecular complexity index is 548. The van der Waals surface area contributed by atoms with Gasteiger partial charge >= 0.3 is 0 Å². The third-order valence-corrected chi connectivity index (χ3v) is 5.03. The van der Waals surface area contributed by atoms with Crippen LogP contribution >= 0.6 is 0 Å². The number of benzene rings is 1. The third kappa shape index (κ3) is 11.4. The van der Waals surface area contributed by atoms with Crippen LogP contribution in [0.2, 0.25) is 0 Å². The predicted octanol–water partition coefficient (Wildman–Crippen LogP) is 7.56. The largest absolute Gasteiger partial charge is 0.306 e. The SMILES string of the molecule is C=CC.C=CCCC.CN1CCC(CCc2ccc(F)cc2C(C)(C)C)CC1. The van der Waals surface area contributed by atoms with Crippen molar-refractivity contribution in [3.05, 3.63) is 60.5 Å². The summed E-state index contributed by atoms with van der Waals surface area (Å²) >= 11 is 0. The van der Waals surface area contributed by atoms with Crippen LogP contribution in [0.4, 0.5) is 4.39 Å². The van der Waals surface area contributed by atoms with Crippen molar-refractivity contribution in [2.45, 2.75) is 78.6 Å². The van der Waals surface area contributed by atoms with E-state index in [0.717, 1.165) is 18.8 Å². The second-order valence-electron chi connectivity index (χ2n) is 8.82. The molecule has 1 aromatic carbocycles. The highest BCUT2D eigenvalue weighted by Crippen LogP contribution is 2.29. The number of halogens is 1. The topological polar surface area (TPSA) is 3.24 Å². The van der Waals surface area contributed by atoms with Crippen molar-refractivity contribution >= 4 is 0 Å². The molecule has 0 radical (unpaired) electrons. The standard InChI is InChI=1S/C18H28FN.C5H10.C3H6/c1-18(2,3)17-13-16(19)8-7-15(17)6-5-14-9-11-20(4)12-10-14;1-3-5-4-2;1-3-2/h7-8,13-14H,5-6,9-12H2,1-4H3;3H,1,4-5H2,2H3;3H,1H2,2H3. The zero-order valence-corrected chi connectivity index (χ0v) is 19.4. The molecule has 1 saturated heterocycles. The first kappa shape index (κ1) is 26.6. The van der Waals surface area contributed by atoms with E-state index in [4.69, 9.17) is 0 Å². The molecule has 0 spiro atoms. The van der Waals surface area contributed by atoms with E-state index in [-0.39, 0.29) is 11.2 Å². The van der Waals surface area contributed by atoms with Gasteiger partial charge in [0, 0.05) is 0 Å². The van der Waals surface area contributed by atoms with Crippen LogP contribution in [0, 0.1) is 11.7 Å². The fraction of sp³-hybridized carbons (Fsp3) is 0.615. The summed E-state index contributed by atoms with van der Waals surface area (Å²) in [6.45, 7) is 19.9. The van der Waals surface area contributed by atoms with E-state index in [1.165, 1.54) is 49.9 Å². The monoisotopic (exact) mass is 389 g/mol. The molecule has 2 rings (SSSR count). The number of likely N-dealkylation sites (tertiary alicyclic amines) is 1. The normalized spacial score (nSPS) is 15.0. The molecular formula is C26H44FN. The van der Waals surface area contributed by atoms with E-state index < -0.39 is 0 Å². The molecule has 0 unspecified atom stereocenters. The minimum absolute atomic E-state index is 0.0181. The van der Waals surface area contributed by atoms with E-state index in [1.807, 2.05) is 19.1 Å². The molecule has 1 aliphatic rings. The maximum Gasteiger partial charge on any atom is 0.123 e. The molecule has 0 amide bonds. The first-order valence-electron chi connectivity index (χ1n) is 10.8. The Kier molecular flexibility index (Phi) is 13.8. The van der Waals surface area contributed by atoms with E-state index in [1.54, 1.807) is 18.2 Å². The number of piperidine rings is 1. The average molecular weight is 390 g/mol. The second kappa shape index (κ2) is 14.6. The second-order valence-corrected chi connectivity index (χ2v) is 8.82. The molecule has 0 aromatic heterocycles. The third-order valence-electron chi connectivity index (χ3n) is 5.03. The van der Waals surface area contributed by atoms with E-state index in [0.29, 0.717) is 0 Å². The van der Waals surface area contributed by atoms with Crippen LogP contribution in [0.5, 0.6) is 0 Å². The van der Waals surface area contributed by atoms with Crippen molar-refractivity contribution < 1.29 is 4.39 Å². The van der Waals surface area contributed by atoms with Crippen LogP contribution in [0.15, 0.2) is 43.5 Å². The molecule has 1 nitrogen and oxygen atoms in total. The predicted molar refractivity (Wildman–Crippen MR) is 125 cm³/mol. The van der Waals surface area contributed by atoms with Crippen LogP contribution in [0.25, 0.3) is 0 Å². The van der Waals surface area contributed by atoms with Gasteiger partial charge in [0.2, 0.25) is 0 Å². The number of allylic oxidation sites excluding steroid dienone is 2. The van der Waals surface area contributed by atoms with Crippen LogP contribution in [0.3, 0.4) is 0 Å². The molecule has 160 valence electrons. The summed E-state index contributed by atoms with van der Waals surface area (Å²) in [5.41, 5.74) is 2.52. The molecule has 1 aromatic rings. The van der Waals surface area contributed by atoms with Crippen LogP contribution in [-0.2, 0) is 11.8 Å². The van der Waals surface area contributed by atoms with E-state index in [2.05, 4.69) is 52.8 Å². The lowest BCUT2D eigenvalue weighted by atomic mass is 9.81. The number of rotatable bonds is 5. The highest BCUT2D eigenvalue weighted by molar-refractivity contribution is 5.33. The van der Waals surface area contributed by atoms with Crippen molar-refractivity contribution in [2.75, 3.05) is 20.1 Å². The fourth-order valence-electron chi connectivity index (χ4n) is 3.38. The summed E-state index contributed by atoms with van der Waals surface area (Å²) < 4.78 is 13.5. The summed E-state index contributed by atoms with van der Waals surface area (Å²) in [5, 5.41) is 0. The van der Waals surface area contributed by atoms with Gasteiger partial charge in [-0.2, -0.15) is 0 Å². The molecule has 0 saturated carbocycles. The molecule has 28 heavy (non-hydrogen) atoms. The highest BCUT2D eigenvalue weighted by atomic mass is 19.1. The molecule has 1 heterocycles. The van der Waals surface area contributed by atoms with Crippen molar-refractivity contribution in [3.8, 4) is 0 Å². The lowest BCUT2D eigenvalue weighted by molar-refractivity contribution is 0.212. The minimum Gasteiger partial charge on any atom is -0.306 e. The summed E-state index contributed by atoms with van der Waals surface area (Å²) in [4.78, 5) is 2.41. The number of nitrogens with zero attached hydrogens (tertiary/aromatic N) is 1. The van der Waals surface area contributed by atoms with Crippen molar-refractivity contribution in [3.63, 3.8) is 0 Å². The van der Waals surface area contributed by atoms with Gasteiger partial charge in [0.1, 0.15) is 5.82 Å². The highest BCUT2D eigenvalue weighted by Gasteiger charge is 2.21. The number of hydrogen-bond donors (Lipinski definition) is 0. The summed E-state index contributed by atoms with van der Waals surface area (Å²) in [6.07, 6.45) is 11.0. The minimum atomic E-state index is -0.113. The molecule has 0 aliphatic carbocycles. The summed E-state index contributed by atoms with van der Waals surface area (Å²) in [6, 6.07) is 5.33. The van der Waals surface area contributed by atoms with Gasteiger partial charge in [-0.05, 0) is 93.8 Å². The molecular weight excluding hydrogens is 345 g/mol. The molecule has 1 fully saturated rings. The number of hydrogen-bond acceptors (Lipinski definition) is 1. The fourth-order valence-corrected chi connectivity index (χ4v) is 3.38. The van der Waals surface area contributed by atoms with Gasteiger partial charge in [-0.3, -0.25) is 0 Å². The first-order valence-corrected chi connectivity index (χ1v) is 10.8. The Balaban J connectivity index is 0.000000777. The van der Waals surface area contributed by atoms with Crippen LogP contribution in [0.1, 0.15) is 77.8 Å². The Morgan fingerprint density at radius 2 is 1.75 bits per heavy atom. The zero-order valence-electron chi connectivity index (χ0n) is 19.4. The van der Waals surface area contributed by atoms with Crippen molar-refractivity contribution in [1.82, 2.24) is 4.90 Å². The maximum absolute atomic E-state index is 13.5. The molecule has 0 bridgehead atoms. The van der Waals surface area contributed by atoms with Gasteiger partial charge in [-0.25, -0.2) is 4.39 Å². The van der Waals surface area contributed by atoms with Gasteiger partial charge in [0.15, 0.2) is 0 Å². The summed E-state index contributed by atoms with van der Waals surface area (Å²) in [5.74, 6) is 0.724. The van der Waals surface area contributed by atoms with Crippen molar-refractivity contribution in [2.24, 2.45) is 5.92 Å². The number of aryl methyl sites for hydroxylation is 1. The lowest BCUT2D eigenvalue weighted by Crippen LogP contribution is -2.30.